The molecule has 2 rings (SSSR count). The van der Waals surface area contributed by atoms with E-state index in [-0.39, 0.29) is 18.0 Å². The average molecular weight is 292 g/mol. The Labute approximate surface area is 125 Å². The number of aliphatic hydroxyl groups is 1. The molecule has 1 saturated heterocycles. The van der Waals surface area contributed by atoms with Gasteiger partial charge in [0.25, 0.3) is 0 Å². The van der Waals surface area contributed by atoms with E-state index >= 15 is 0 Å². The topological polar surface area (TPSA) is 85.3 Å². The summed E-state index contributed by atoms with van der Waals surface area (Å²) in [6, 6.07) is 6.09. The van der Waals surface area contributed by atoms with Gasteiger partial charge in [-0.25, -0.2) is 0 Å². The largest absolute Gasteiger partial charge is 0.409 e. The van der Waals surface area contributed by atoms with Crippen molar-refractivity contribution in [1.29, 1.82) is 0 Å². The summed E-state index contributed by atoms with van der Waals surface area (Å²) >= 11 is 0. The molecule has 1 heterocycles. The Kier molecular flexibility index (Phi) is 4.69. The maximum atomic E-state index is 10.0. The Bertz CT molecular complexity index is 530. The number of nitrogens with zero attached hydrogens (tertiary/aromatic N) is 3. The van der Waals surface area contributed by atoms with Crippen LogP contribution in [0.4, 0.5) is 5.69 Å². The van der Waals surface area contributed by atoms with Crippen LogP contribution in [0, 0.1) is 6.92 Å². The van der Waals surface area contributed by atoms with Crippen LogP contribution < -0.4 is 10.6 Å². The number of aliphatic hydroxyl groups excluding tert-OH is 1. The number of rotatable bonds is 4. The van der Waals surface area contributed by atoms with Gasteiger partial charge in [0.2, 0.25) is 0 Å². The number of hydrogen-bond acceptors (Lipinski definition) is 5. The summed E-state index contributed by atoms with van der Waals surface area (Å²) in [4.78, 5) is 4.25. The summed E-state index contributed by atoms with van der Waals surface area (Å²) in [7, 11) is 4.03. The molecule has 2 atom stereocenters. The van der Waals surface area contributed by atoms with Gasteiger partial charge in [-0.15, -0.1) is 0 Å². The second-order valence-corrected chi connectivity index (χ2v) is 5.96. The molecule has 0 saturated carbocycles. The lowest BCUT2D eigenvalue weighted by molar-refractivity contribution is 0.191. The highest BCUT2D eigenvalue weighted by molar-refractivity contribution is 6.02. The van der Waals surface area contributed by atoms with Gasteiger partial charge in [0.1, 0.15) is 0 Å². The lowest BCUT2D eigenvalue weighted by Gasteiger charge is -2.30. The van der Waals surface area contributed by atoms with Crippen LogP contribution in [0.25, 0.3) is 0 Å². The minimum atomic E-state index is -0.351. The van der Waals surface area contributed by atoms with Crippen molar-refractivity contribution in [2.75, 3.05) is 32.1 Å². The molecule has 1 aromatic rings. The second kappa shape index (κ2) is 6.32. The lowest BCUT2D eigenvalue weighted by atomic mass is 10.1. The van der Waals surface area contributed by atoms with Gasteiger partial charge in [-0.05, 0) is 39.6 Å². The molecule has 6 heteroatoms. The van der Waals surface area contributed by atoms with Crippen molar-refractivity contribution < 1.29 is 10.3 Å². The van der Waals surface area contributed by atoms with Crippen LogP contribution in [0.15, 0.2) is 23.4 Å². The third kappa shape index (κ3) is 3.46. The standard InChI is InChI=1S/C15H24N4O2/c1-10-4-5-14(13(6-10)15(16)17-21)19-9-12(20)7-11(19)8-18(2)3/h4-6,11-12,20-21H,7-9H2,1-3H3,(H2,16,17). The molecule has 1 aliphatic rings. The highest BCUT2D eigenvalue weighted by Crippen LogP contribution is 2.30. The van der Waals surface area contributed by atoms with Gasteiger partial charge in [0, 0.05) is 30.4 Å². The Morgan fingerprint density at radius 1 is 1.48 bits per heavy atom. The van der Waals surface area contributed by atoms with Gasteiger partial charge < -0.3 is 25.8 Å². The fraction of sp³-hybridized carbons (Fsp3) is 0.533. The molecular weight excluding hydrogens is 268 g/mol. The van der Waals surface area contributed by atoms with E-state index in [4.69, 9.17) is 10.9 Å². The van der Waals surface area contributed by atoms with Gasteiger partial charge in [0.05, 0.1) is 6.10 Å². The number of benzene rings is 1. The number of β-amino-alcohol motifs (C(OH)–C–C–N with tert-alkyl or cyclic N) is 1. The average Bonchev–Trinajstić information content (AvgIpc) is 2.77. The smallest absolute Gasteiger partial charge is 0.172 e. The van der Waals surface area contributed by atoms with E-state index in [9.17, 15) is 5.11 Å². The number of anilines is 1. The molecule has 1 aromatic carbocycles. The first-order valence-corrected chi connectivity index (χ1v) is 7.10. The number of hydrogen-bond donors (Lipinski definition) is 3. The van der Waals surface area contributed by atoms with E-state index in [1.165, 1.54) is 0 Å². The Morgan fingerprint density at radius 2 is 2.19 bits per heavy atom. The maximum Gasteiger partial charge on any atom is 0.172 e. The van der Waals surface area contributed by atoms with Crippen LogP contribution in [-0.2, 0) is 0 Å². The van der Waals surface area contributed by atoms with Gasteiger partial charge in [-0.3, -0.25) is 0 Å². The molecule has 0 bridgehead atoms. The van der Waals surface area contributed by atoms with E-state index in [0.29, 0.717) is 12.1 Å². The minimum Gasteiger partial charge on any atom is -0.409 e. The van der Waals surface area contributed by atoms with Crippen LogP contribution in [0.3, 0.4) is 0 Å². The number of amidine groups is 1. The highest BCUT2D eigenvalue weighted by atomic mass is 16.4. The van der Waals surface area contributed by atoms with Crippen molar-refractivity contribution in [2.24, 2.45) is 10.9 Å². The maximum absolute atomic E-state index is 10.0. The first kappa shape index (κ1) is 15.6. The molecule has 6 nitrogen and oxygen atoms in total. The number of oxime groups is 1. The van der Waals surface area contributed by atoms with Crippen LogP contribution >= 0.6 is 0 Å². The summed E-state index contributed by atoms with van der Waals surface area (Å²) in [6.45, 7) is 3.38. The van der Waals surface area contributed by atoms with Crippen molar-refractivity contribution in [3.05, 3.63) is 29.3 Å². The summed E-state index contributed by atoms with van der Waals surface area (Å²) in [5, 5.41) is 22.1. The Morgan fingerprint density at radius 3 is 2.81 bits per heavy atom. The van der Waals surface area contributed by atoms with Crippen LogP contribution in [0.5, 0.6) is 0 Å². The van der Waals surface area contributed by atoms with Crippen molar-refractivity contribution in [3.63, 3.8) is 0 Å². The van der Waals surface area contributed by atoms with Crippen molar-refractivity contribution in [2.45, 2.75) is 25.5 Å². The zero-order valence-electron chi connectivity index (χ0n) is 12.8. The molecule has 0 amide bonds. The molecule has 21 heavy (non-hydrogen) atoms. The minimum absolute atomic E-state index is 0.0960. The normalized spacial score (nSPS) is 23.1. The lowest BCUT2D eigenvalue weighted by Crippen LogP contribution is -2.38. The van der Waals surface area contributed by atoms with Gasteiger partial charge in [0.15, 0.2) is 5.84 Å². The summed E-state index contributed by atoms with van der Waals surface area (Å²) in [6.07, 6.45) is 0.373. The monoisotopic (exact) mass is 292 g/mol. The first-order chi connectivity index (χ1) is 9.92. The van der Waals surface area contributed by atoms with Crippen molar-refractivity contribution in [1.82, 2.24) is 4.90 Å². The van der Waals surface area contributed by atoms with E-state index in [0.717, 1.165) is 24.2 Å². The molecular formula is C15H24N4O2. The molecule has 1 aliphatic heterocycles. The van der Waals surface area contributed by atoms with E-state index in [1.807, 2.05) is 39.2 Å². The molecule has 4 N–H and O–H groups in total. The zero-order chi connectivity index (χ0) is 15.6. The SMILES string of the molecule is Cc1ccc(N2CC(O)CC2CN(C)C)c(/C(N)=N/O)c1. The molecule has 0 radical (unpaired) electrons. The van der Waals surface area contributed by atoms with Crippen LogP contribution in [0.2, 0.25) is 0 Å². The predicted molar refractivity (Wildman–Crippen MR) is 84.0 cm³/mol. The number of likely N-dealkylation sites (N-methyl/N-ethyl adjacent to an activating group) is 1. The van der Waals surface area contributed by atoms with E-state index in [1.54, 1.807) is 0 Å². The van der Waals surface area contributed by atoms with Crippen molar-refractivity contribution in [3.8, 4) is 0 Å². The molecule has 2 unspecified atom stereocenters. The fourth-order valence-corrected chi connectivity index (χ4v) is 2.94. The molecule has 0 aromatic heterocycles. The highest BCUT2D eigenvalue weighted by Gasteiger charge is 2.32. The third-order valence-corrected chi connectivity index (χ3v) is 3.81. The summed E-state index contributed by atoms with van der Waals surface area (Å²) in [5.74, 6) is 0.0960. The van der Waals surface area contributed by atoms with Gasteiger partial charge in [-0.2, -0.15) is 0 Å². The molecule has 116 valence electrons. The molecule has 1 fully saturated rings. The number of nitrogens with two attached hydrogens (primary N) is 1. The van der Waals surface area contributed by atoms with E-state index in [2.05, 4.69) is 15.0 Å². The quantitative estimate of drug-likeness (QED) is 0.327. The zero-order valence-corrected chi connectivity index (χ0v) is 12.8. The molecule has 0 spiro atoms. The Balaban J connectivity index is 2.39. The first-order valence-electron chi connectivity index (χ1n) is 7.10. The third-order valence-electron chi connectivity index (χ3n) is 3.81. The van der Waals surface area contributed by atoms with Gasteiger partial charge >= 0.3 is 0 Å². The van der Waals surface area contributed by atoms with Crippen LogP contribution in [0.1, 0.15) is 17.5 Å². The van der Waals surface area contributed by atoms with Crippen molar-refractivity contribution >= 4 is 11.5 Å². The van der Waals surface area contributed by atoms with Gasteiger partial charge in [-0.1, -0.05) is 16.8 Å². The Hall–Kier alpha value is -1.79. The predicted octanol–water partition coefficient (Wildman–Crippen LogP) is 0.591. The summed E-state index contributed by atoms with van der Waals surface area (Å²) < 4.78 is 0. The van der Waals surface area contributed by atoms with Crippen LogP contribution in [-0.4, -0.2) is 60.4 Å². The second-order valence-electron chi connectivity index (χ2n) is 5.96. The van der Waals surface area contributed by atoms with E-state index < -0.39 is 0 Å². The molecule has 0 aliphatic carbocycles. The fourth-order valence-electron chi connectivity index (χ4n) is 2.94. The number of aryl methyl sites for hydroxylation is 1. The summed E-state index contributed by atoms with van der Waals surface area (Å²) in [5.41, 5.74) is 8.47.